The Bertz CT molecular complexity index is 503. The zero-order valence-corrected chi connectivity index (χ0v) is 9.50. The lowest BCUT2D eigenvalue weighted by molar-refractivity contribution is 0.556. The molecule has 1 heterocycles. The lowest BCUT2D eigenvalue weighted by Crippen LogP contribution is -1.80. The second-order valence-electron chi connectivity index (χ2n) is 3.74. The molecule has 0 N–H and O–H groups in total. The number of benzene rings is 1. The maximum Gasteiger partial charge on any atom is 0.135 e. The van der Waals surface area contributed by atoms with Crippen LogP contribution in [0.4, 0.5) is 0 Å². The van der Waals surface area contributed by atoms with E-state index >= 15 is 0 Å². The number of aryl methyl sites for hydroxylation is 2. The molecule has 0 radical (unpaired) electrons. The predicted octanol–water partition coefficient (Wildman–Crippen LogP) is 4.34. The molecule has 0 spiro atoms. The maximum absolute atomic E-state index is 5.83. The SMILES string of the molecule is C/C=C\c1c(CC)oc2cccc(C)c12. The molecule has 0 aliphatic carbocycles. The molecule has 0 bridgehead atoms. The molecule has 0 saturated heterocycles. The summed E-state index contributed by atoms with van der Waals surface area (Å²) in [5.41, 5.74) is 3.53. The number of hydrogen-bond donors (Lipinski definition) is 0. The Morgan fingerprint density at radius 3 is 2.80 bits per heavy atom. The van der Waals surface area contributed by atoms with Crippen molar-refractivity contribution in [2.45, 2.75) is 27.2 Å². The summed E-state index contributed by atoms with van der Waals surface area (Å²) in [5, 5.41) is 1.26. The van der Waals surface area contributed by atoms with Crippen LogP contribution in [0.2, 0.25) is 0 Å². The lowest BCUT2D eigenvalue weighted by atomic mass is 10.0. The van der Waals surface area contributed by atoms with Crippen LogP contribution >= 0.6 is 0 Å². The van der Waals surface area contributed by atoms with Crippen LogP contribution < -0.4 is 0 Å². The van der Waals surface area contributed by atoms with Gasteiger partial charge in [-0.25, -0.2) is 0 Å². The van der Waals surface area contributed by atoms with Gasteiger partial charge < -0.3 is 4.42 Å². The van der Waals surface area contributed by atoms with Gasteiger partial charge in [-0.3, -0.25) is 0 Å². The van der Waals surface area contributed by atoms with Crippen molar-refractivity contribution in [2.24, 2.45) is 0 Å². The standard InChI is InChI=1S/C14H16O/c1-4-7-11-12(5-2)15-13-9-6-8-10(3)14(11)13/h4,6-9H,5H2,1-3H3/b7-4-. The highest BCUT2D eigenvalue weighted by atomic mass is 16.3. The van der Waals surface area contributed by atoms with Gasteiger partial charge in [0.05, 0.1) is 0 Å². The van der Waals surface area contributed by atoms with Gasteiger partial charge in [-0.2, -0.15) is 0 Å². The quantitative estimate of drug-likeness (QED) is 0.703. The molecule has 78 valence electrons. The summed E-state index contributed by atoms with van der Waals surface area (Å²) in [5.74, 6) is 1.08. The van der Waals surface area contributed by atoms with Crippen LogP contribution in [0.3, 0.4) is 0 Å². The fraction of sp³-hybridized carbons (Fsp3) is 0.286. The molecule has 1 heteroatoms. The Kier molecular flexibility index (Phi) is 2.63. The molecule has 1 nitrogen and oxygen atoms in total. The Morgan fingerprint density at radius 2 is 2.13 bits per heavy atom. The topological polar surface area (TPSA) is 13.1 Å². The summed E-state index contributed by atoms with van der Waals surface area (Å²) in [6.45, 7) is 6.29. The van der Waals surface area contributed by atoms with Crippen LogP contribution in [0.5, 0.6) is 0 Å². The maximum atomic E-state index is 5.83. The van der Waals surface area contributed by atoms with Gasteiger partial charge in [0.25, 0.3) is 0 Å². The minimum atomic E-state index is 0.938. The van der Waals surface area contributed by atoms with E-state index in [-0.39, 0.29) is 0 Å². The fourth-order valence-corrected chi connectivity index (χ4v) is 2.00. The van der Waals surface area contributed by atoms with E-state index in [9.17, 15) is 0 Å². The van der Waals surface area contributed by atoms with Crippen LogP contribution in [0.25, 0.3) is 17.0 Å². The van der Waals surface area contributed by atoms with E-state index in [1.807, 2.05) is 19.1 Å². The van der Waals surface area contributed by atoms with Gasteiger partial charge in [0.2, 0.25) is 0 Å². The van der Waals surface area contributed by atoms with Gasteiger partial charge in [-0.15, -0.1) is 0 Å². The smallest absolute Gasteiger partial charge is 0.135 e. The molecule has 2 rings (SSSR count). The van der Waals surface area contributed by atoms with Gasteiger partial charge in [0.15, 0.2) is 0 Å². The first-order chi connectivity index (χ1) is 7.27. The van der Waals surface area contributed by atoms with E-state index in [0.29, 0.717) is 0 Å². The zero-order chi connectivity index (χ0) is 10.8. The Hall–Kier alpha value is -1.50. The number of hydrogen-bond acceptors (Lipinski definition) is 1. The molecule has 0 saturated carbocycles. The molecule has 0 atom stereocenters. The summed E-state index contributed by atoms with van der Waals surface area (Å²) < 4.78 is 5.83. The van der Waals surface area contributed by atoms with E-state index in [1.165, 1.54) is 16.5 Å². The lowest BCUT2D eigenvalue weighted by Gasteiger charge is -1.96. The second-order valence-corrected chi connectivity index (χ2v) is 3.74. The largest absolute Gasteiger partial charge is 0.460 e. The van der Waals surface area contributed by atoms with Gasteiger partial charge in [-0.1, -0.05) is 31.2 Å². The van der Waals surface area contributed by atoms with E-state index in [1.54, 1.807) is 0 Å². The van der Waals surface area contributed by atoms with Crippen LogP contribution in [-0.2, 0) is 6.42 Å². The third kappa shape index (κ3) is 1.58. The minimum absolute atomic E-state index is 0.938. The van der Waals surface area contributed by atoms with E-state index in [0.717, 1.165) is 17.8 Å². The fourth-order valence-electron chi connectivity index (χ4n) is 2.00. The Balaban J connectivity index is 2.82. The van der Waals surface area contributed by atoms with Gasteiger partial charge in [0, 0.05) is 17.4 Å². The molecule has 0 unspecified atom stereocenters. The minimum Gasteiger partial charge on any atom is -0.460 e. The average Bonchev–Trinajstić information content (AvgIpc) is 2.58. The van der Waals surface area contributed by atoms with Crippen LogP contribution in [0.15, 0.2) is 28.7 Å². The van der Waals surface area contributed by atoms with Crippen molar-refractivity contribution in [1.29, 1.82) is 0 Å². The first-order valence-electron chi connectivity index (χ1n) is 5.41. The molecule has 0 amide bonds. The third-order valence-corrected chi connectivity index (χ3v) is 2.69. The molecule has 2 aromatic rings. The molecule has 1 aromatic carbocycles. The van der Waals surface area contributed by atoms with Crippen molar-refractivity contribution in [1.82, 2.24) is 0 Å². The molecule has 0 aliphatic heterocycles. The highest BCUT2D eigenvalue weighted by Crippen LogP contribution is 2.30. The van der Waals surface area contributed by atoms with Gasteiger partial charge >= 0.3 is 0 Å². The highest BCUT2D eigenvalue weighted by molar-refractivity contribution is 5.91. The number of furan rings is 1. The van der Waals surface area contributed by atoms with Crippen molar-refractivity contribution >= 4 is 17.0 Å². The van der Waals surface area contributed by atoms with E-state index < -0.39 is 0 Å². The summed E-state index contributed by atoms with van der Waals surface area (Å²) in [4.78, 5) is 0. The van der Waals surface area contributed by atoms with E-state index in [2.05, 4.69) is 32.1 Å². The number of rotatable bonds is 2. The summed E-state index contributed by atoms with van der Waals surface area (Å²) >= 11 is 0. The summed E-state index contributed by atoms with van der Waals surface area (Å²) in [6, 6.07) is 6.21. The molecule has 1 aromatic heterocycles. The molecule has 15 heavy (non-hydrogen) atoms. The van der Waals surface area contributed by atoms with Crippen molar-refractivity contribution in [2.75, 3.05) is 0 Å². The Labute approximate surface area is 90.4 Å². The summed E-state index contributed by atoms with van der Waals surface area (Å²) in [6.07, 6.45) is 5.14. The van der Waals surface area contributed by atoms with Crippen molar-refractivity contribution in [3.8, 4) is 0 Å². The van der Waals surface area contributed by atoms with Crippen LogP contribution in [0.1, 0.15) is 30.7 Å². The number of fused-ring (bicyclic) bond motifs is 1. The van der Waals surface area contributed by atoms with Gasteiger partial charge in [-0.05, 0) is 25.5 Å². The molecular weight excluding hydrogens is 184 g/mol. The molecule has 0 aliphatic rings. The highest BCUT2D eigenvalue weighted by Gasteiger charge is 2.11. The number of allylic oxidation sites excluding steroid dienone is 1. The monoisotopic (exact) mass is 200 g/mol. The Morgan fingerprint density at radius 1 is 1.33 bits per heavy atom. The third-order valence-electron chi connectivity index (χ3n) is 2.69. The zero-order valence-electron chi connectivity index (χ0n) is 9.50. The van der Waals surface area contributed by atoms with E-state index in [4.69, 9.17) is 4.42 Å². The normalized spacial score (nSPS) is 11.7. The first-order valence-corrected chi connectivity index (χ1v) is 5.41. The average molecular weight is 200 g/mol. The van der Waals surface area contributed by atoms with Crippen LogP contribution in [-0.4, -0.2) is 0 Å². The van der Waals surface area contributed by atoms with Gasteiger partial charge in [0.1, 0.15) is 11.3 Å². The van der Waals surface area contributed by atoms with Crippen molar-refractivity contribution < 1.29 is 4.42 Å². The first kappa shape index (κ1) is 10.0. The second kappa shape index (κ2) is 3.93. The van der Waals surface area contributed by atoms with Crippen molar-refractivity contribution in [3.05, 3.63) is 41.2 Å². The van der Waals surface area contributed by atoms with Crippen molar-refractivity contribution in [3.63, 3.8) is 0 Å². The predicted molar refractivity (Wildman–Crippen MR) is 65.0 cm³/mol. The molecule has 0 fully saturated rings. The summed E-state index contributed by atoms with van der Waals surface area (Å²) in [7, 11) is 0. The molecular formula is C14H16O. The van der Waals surface area contributed by atoms with Crippen LogP contribution in [0, 0.1) is 6.92 Å².